The lowest BCUT2D eigenvalue weighted by molar-refractivity contribution is -0.137. The minimum Gasteiger partial charge on any atom is -0.465 e. The van der Waals surface area contributed by atoms with E-state index in [-0.39, 0.29) is 17.1 Å². The largest absolute Gasteiger partial charge is 0.465 e. The summed E-state index contributed by atoms with van der Waals surface area (Å²) in [5, 5.41) is 4.46. The second kappa shape index (κ2) is 11.2. The predicted octanol–water partition coefficient (Wildman–Crippen LogP) is 10.5. The number of rotatable bonds is 5. The van der Waals surface area contributed by atoms with Crippen LogP contribution in [0.2, 0.25) is 0 Å². The molecule has 4 nitrogen and oxygen atoms in total. The molecule has 0 heterocycles. The lowest BCUT2D eigenvalue weighted by Gasteiger charge is -2.11. The van der Waals surface area contributed by atoms with Crippen molar-refractivity contribution in [1.29, 1.82) is 0 Å². The van der Waals surface area contributed by atoms with Crippen LogP contribution in [0.15, 0.2) is 157 Å². The Morgan fingerprint density at radius 2 is 0.741 bits per heavy atom. The minimum atomic E-state index is -0.628. The average molecular weight is 693 g/mol. The Balaban J connectivity index is 0.985. The van der Waals surface area contributed by atoms with E-state index in [0.717, 1.165) is 94.1 Å². The van der Waals surface area contributed by atoms with Crippen molar-refractivity contribution < 1.29 is 19.1 Å². The second-order valence-electron chi connectivity index (χ2n) is 14.1. The van der Waals surface area contributed by atoms with E-state index in [4.69, 9.17) is 4.74 Å². The Morgan fingerprint density at radius 3 is 1.19 bits per heavy atom. The molecule has 0 atom stereocenters. The summed E-state index contributed by atoms with van der Waals surface area (Å²) in [7, 11) is 1.31. The molecule has 0 amide bonds. The molecule has 0 fully saturated rings. The molecule has 0 aromatic heterocycles. The fourth-order valence-electron chi connectivity index (χ4n) is 9.18. The standard InChI is InChI=1S/C50H28O4/c1-54-50(53)47-46-37-18-8-14-30-13-7-17-36(39(30)37)45(46)42(49(47)52)33-25-21-28(22-26-33)27-19-23-32(24-20-27)41-44-35-16-6-12-29-11-5-15-34(38(29)35)43(44)40(48(41)51)31-9-3-2-4-10-31/h2-26H,1H3. The van der Waals surface area contributed by atoms with Gasteiger partial charge in [0.1, 0.15) is 5.57 Å². The van der Waals surface area contributed by atoms with Crippen LogP contribution in [-0.4, -0.2) is 24.6 Å². The molecule has 0 radical (unpaired) electrons. The van der Waals surface area contributed by atoms with Gasteiger partial charge in [0, 0.05) is 39.0 Å². The molecule has 7 aromatic carbocycles. The first kappa shape index (κ1) is 30.5. The maximum Gasteiger partial charge on any atom is 0.342 e. The van der Waals surface area contributed by atoms with Crippen LogP contribution < -0.4 is 0 Å². The van der Waals surface area contributed by atoms with Gasteiger partial charge in [-0.05, 0) is 71.6 Å². The zero-order valence-electron chi connectivity index (χ0n) is 29.1. The van der Waals surface area contributed by atoms with Gasteiger partial charge < -0.3 is 4.74 Å². The third kappa shape index (κ3) is 3.99. The number of hydrogen-bond acceptors (Lipinski definition) is 4. The maximum atomic E-state index is 14.5. The summed E-state index contributed by atoms with van der Waals surface area (Å²) in [4.78, 5) is 41.7. The Hall–Kier alpha value is -7.17. The molecular weight excluding hydrogens is 665 g/mol. The number of allylic oxidation sites excluding steroid dienone is 7. The van der Waals surface area contributed by atoms with Crippen molar-refractivity contribution in [3.8, 4) is 11.1 Å². The Morgan fingerprint density at radius 1 is 0.370 bits per heavy atom. The smallest absolute Gasteiger partial charge is 0.342 e. The van der Waals surface area contributed by atoms with E-state index in [1.54, 1.807) is 0 Å². The second-order valence-corrected chi connectivity index (χ2v) is 14.1. The molecule has 0 saturated heterocycles. The average Bonchev–Trinajstić information content (AvgIpc) is 3.91. The SMILES string of the molecule is COC(=O)C1=C2C(=C(c3ccc(-c4ccc(C5=C6C(=C(c7ccccc7)C5=O)c5cccc7cccc6c57)cc4)cc3)C1=O)c1cccc3cccc2c13. The quantitative estimate of drug-likeness (QED) is 0.133. The summed E-state index contributed by atoms with van der Waals surface area (Å²) in [5.74, 6) is -0.911. The van der Waals surface area contributed by atoms with Gasteiger partial charge in [0.15, 0.2) is 5.78 Å². The number of esters is 1. The molecule has 0 aliphatic heterocycles. The third-order valence-corrected chi connectivity index (χ3v) is 11.4. The number of hydrogen-bond donors (Lipinski definition) is 0. The van der Waals surface area contributed by atoms with Gasteiger partial charge in [0.2, 0.25) is 5.78 Å². The van der Waals surface area contributed by atoms with Gasteiger partial charge in [0.05, 0.1) is 7.11 Å². The first-order valence-electron chi connectivity index (χ1n) is 18.0. The highest BCUT2D eigenvalue weighted by Crippen LogP contribution is 2.57. The minimum absolute atomic E-state index is 0.0367. The molecule has 0 saturated carbocycles. The zero-order valence-corrected chi connectivity index (χ0v) is 29.1. The Bertz CT molecular complexity index is 3010. The summed E-state index contributed by atoms with van der Waals surface area (Å²) < 4.78 is 5.13. The summed E-state index contributed by atoms with van der Waals surface area (Å²) in [6.45, 7) is 0. The van der Waals surface area contributed by atoms with Crippen molar-refractivity contribution in [2.45, 2.75) is 0 Å². The molecule has 4 aliphatic rings. The van der Waals surface area contributed by atoms with E-state index in [1.807, 2.05) is 103 Å². The number of fused-ring (bicyclic) bond motifs is 6. The molecule has 11 rings (SSSR count). The van der Waals surface area contributed by atoms with Crippen molar-refractivity contribution in [2.24, 2.45) is 0 Å². The van der Waals surface area contributed by atoms with Gasteiger partial charge in [-0.25, -0.2) is 4.79 Å². The van der Waals surface area contributed by atoms with Gasteiger partial charge in [-0.2, -0.15) is 0 Å². The number of benzene rings is 7. The van der Waals surface area contributed by atoms with Gasteiger partial charge in [-0.15, -0.1) is 0 Å². The highest BCUT2D eigenvalue weighted by Gasteiger charge is 2.43. The molecule has 0 N–H and O–H groups in total. The number of ether oxygens (including phenoxy) is 1. The molecule has 4 aliphatic carbocycles. The molecule has 0 spiro atoms. The van der Waals surface area contributed by atoms with Crippen molar-refractivity contribution in [1.82, 2.24) is 0 Å². The summed E-state index contributed by atoms with van der Waals surface area (Å²) in [6, 6.07) is 50.8. The monoisotopic (exact) mass is 692 g/mol. The van der Waals surface area contributed by atoms with Crippen LogP contribution in [0.25, 0.3) is 71.7 Å². The molecule has 7 aromatic rings. The zero-order chi connectivity index (χ0) is 36.2. The van der Waals surface area contributed by atoms with E-state index < -0.39 is 5.97 Å². The molecule has 252 valence electrons. The van der Waals surface area contributed by atoms with Crippen LogP contribution in [0, 0.1) is 0 Å². The van der Waals surface area contributed by atoms with Crippen LogP contribution in [-0.2, 0) is 19.1 Å². The van der Waals surface area contributed by atoms with Gasteiger partial charge in [0.25, 0.3) is 0 Å². The number of carbonyl (C=O) groups is 3. The van der Waals surface area contributed by atoms with Gasteiger partial charge in [-0.1, -0.05) is 152 Å². The Kier molecular flexibility index (Phi) is 6.30. The van der Waals surface area contributed by atoms with E-state index in [9.17, 15) is 14.4 Å². The third-order valence-electron chi connectivity index (χ3n) is 11.4. The Labute approximate surface area is 310 Å². The molecule has 4 heteroatoms. The predicted molar refractivity (Wildman–Crippen MR) is 216 cm³/mol. The van der Waals surface area contributed by atoms with Crippen molar-refractivity contribution in [3.05, 3.63) is 196 Å². The molecule has 0 bridgehead atoms. The lowest BCUT2D eigenvalue weighted by Crippen LogP contribution is -2.14. The molecule has 0 unspecified atom stereocenters. The normalized spacial score (nSPS) is 15.4. The van der Waals surface area contributed by atoms with Crippen LogP contribution in [0.1, 0.15) is 38.9 Å². The van der Waals surface area contributed by atoms with Crippen molar-refractivity contribution in [3.63, 3.8) is 0 Å². The summed E-state index contributed by atoms with van der Waals surface area (Å²) in [5.41, 5.74) is 14.0. The van der Waals surface area contributed by atoms with E-state index in [1.165, 1.54) is 12.5 Å². The number of ketones is 2. The van der Waals surface area contributed by atoms with Crippen LogP contribution in [0.4, 0.5) is 0 Å². The van der Waals surface area contributed by atoms with Crippen LogP contribution in [0.3, 0.4) is 0 Å². The molecule has 54 heavy (non-hydrogen) atoms. The van der Waals surface area contributed by atoms with Crippen molar-refractivity contribution >= 4 is 78.1 Å². The van der Waals surface area contributed by atoms with E-state index in [2.05, 4.69) is 48.5 Å². The highest BCUT2D eigenvalue weighted by molar-refractivity contribution is 6.61. The van der Waals surface area contributed by atoms with Crippen molar-refractivity contribution in [2.75, 3.05) is 7.11 Å². The van der Waals surface area contributed by atoms with E-state index in [0.29, 0.717) is 11.1 Å². The first-order valence-corrected chi connectivity index (χ1v) is 18.0. The topological polar surface area (TPSA) is 60.4 Å². The van der Waals surface area contributed by atoms with Gasteiger partial charge >= 0.3 is 5.97 Å². The molecular formula is C50H28O4. The number of methoxy groups -OCH3 is 1. The van der Waals surface area contributed by atoms with E-state index >= 15 is 0 Å². The van der Waals surface area contributed by atoms with Crippen LogP contribution in [0.5, 0.6) is 0 Å². The number of carbonyl (C=O) groups excluding carboxylic acids is 3. The lowest BCUT2D eigenvalue weighted by atomic mass is 9.91. The maximum absolute atomic E-state index is 14.5. The highest BCUT2D eigenvalue weighted by atomic mass is 16.5. The summed E-state index contributed by atoms with van der Waals surface area (Å²) >= 11 is 0. The van der Waals surface area contributed by atoms with Gasteiger partial charge in [-0.3, -0.25) is 9.59 Å². The van der Waals surface area contributed by atoms with Crippen LogP contribution >= 0.6 is 0 Å². The number of Topliss-reactive ketones (excluding diaryl/α,β-unsaturated/α-hetero) is 2. The fourth-order valence-corrected chi connectivity index (χ4v) is 9.18. The first-order chi connectivity index (χ1) is 26.5. The fraction of sp³-hybridized carbons (Fsp3) is 0.0200. The summed E-state index contributed by atoms with van der Waals surface area (Å²) in [6.07, 6.45) is 0.